The maximum atomic E-state index is 12.1. The van der Waals surface area contributed by atoms with Crippen molar-refractivity contribution in [3.8, 4) is 5.75 Å². The summed E-state index contributed by atoms with van der Waals surface area (Å²) in [5, 5.41) is 0. The van der Waals surface area contributed by atoms with Gasteiger partial charge in [-0.3, -0.25) is 0 Å². The fourth-order valence-electron chi connectivity index (χ4n) is 2.70. The number of aryl methyl sites for hydroxylation is 2. The van der Waals surface area contributed by atoms with Crippen LogP contribution in [0.25, 0.3) is 0 Å². The lowest BCUT2D eigenvalue weighted by Crippen LogP contribution is -2.33. The molecule has 0 radical (unpaired) electrons. The highest BCUT2D eigenvalue weighted by Crippen LogP contribution is 2.26. The highest BCUT2D eigenvalue weighted by Gasteiger charge is 2.26. The SMILES string of the molecule is Cc1ccc(CCC(C)(N)c2ccc(OCCCC(F)(F)F)cc2)cc1. The van der Waals surface area contributed by atoms with Crippen LogP contribution in [0.2, 0.25) is 0 Å². The third kappa shape index (κ3) is 6.71. The summed E-state index contributed by atoms with van der Waals surface area (Å²) in [7, 11) is 0. The summed E-state index contributed by atoms with van der Waals surface area (Å²) in [5.41, 5.74) is 9.44. The number of ether oxygens (including phenoxy) is 1. The highest BCUT2D eigenvalue weighted by molar-refractivity contribution is 5.32. The maximum Gasteiger partial charge on any atom is 0.389 e. The van der Waals surface area contributed by atoms with E-state index in [2.05, 4.69) is 31.2 Å². The molecule has 0 aliphatic heterocycles. The van der Waals surface area contributed by atoms with E-state index in [0.717, 1.165) is 18.4 Å². The molecule has 2 aromatic rings. The molecular weight excluding hydrogens is 339 g/mol. The van der Waals surface area contributed by atoms with Gasteiger partial charge < -0.3 is 10.5 Å². The van der Waals surface area contributed by atoms with Crippen molar-refractivity contribution in [3.05, 3.63) is 65.2 Å². The molecule has 2 nitrogen and oxygen atoms in total. The average molecular weight is 365 g/mol. The van der Waals surface area contributed by atoms with E-state index in [1.807, 2.05) is 19.1 Å². The lowest BCUT2D eigenvalue weighted by Gasteiger charge is -2.25. The minimum atomic E-state index is -4.13. The number of alkyl halides is 3. The number of rotatable bonds is 8. The Kier molecular flexibility index (Phi) is 6.70. The molecule has 0 amide bonds. The minimum absolute atomic E-state index is 0.0452. The lowest BCUT2D eigenvalue weighted by molar-refractivity contribution is -0.136. The second-order valence-corrected chi connectivity index (χ2v) is 6.99. The Morgan fingerprint density at radius 3 is 2.12 bits per heavy atom. The van der Waals surface area contributed by atoms with E-state index in [0.29, 0.717) is 5.75 Å². The van der Waals surface area contributed by atoms with Crippen molar-refractivity contribution in [2.45, 2.75) is 51.2 Å². The summed E-state index contributed by atoms with van der Waals surface area (Å²) in [6.07, 6.45) is -3.34. The average Bonchev–Trinajstić information content (AvgIpc) is 2.58. The normalized spacial score (nSPS) is 14.1. The Morgan fingerprint density at radius 1 is 0.923 bits per heavy atom. The Bertz CT molecular complexity index is 676. The summed E-state index contributed by atoms with van der Waals surface area (Å²) >= 11 is 0. The van der Waals surface area contributed by atoms with Crippen molar-refractivity contribution >= 4 is 0 Å². The zero-order valence-electron chi connectivity index (χ0n) is 15.3. The Hall–Kier alpha value is -2.01. The van der Waals surface area contributed by atoms with Gasteiger partial charge in [0.2, 0.25) is 0 Å². The highest BCUT2D eigenvalue weighted by atomic mass is 19.4. The number of nitrogens with two attached hydrogens (primary N) is 1. The second-order valence-electron chi connectivity index (χ2n) is 6.99. The molecule has 0 fully saturated rings. The van der Waals surface area contributed by atoms with E-state index in [1.165, 1.54) is 11.1 Å². The van der Waals surface area contributed by atoms with E-state index in [1.54, 1.807) is 12.1 Å². The van der Waals surface area contributed by atoms with E-state index in [4.69, 9.17) is 10.5 Å². The topological polar surface area (TPSA) is 35.2 Å². The standard InChI is InChI=1S/C21H26F3NO/c1-16-4-6-17(7-5-16)12-14-20(2,25)18-8-10-19(11-9-18)26-15-3-13-21(22,23)24/h4-11H,3,12-15,25H2,1-2H3. The molecule has 1 atom stereocenters. The van der Waals surface area contributed by atoms with Gasteiger partial charge >= 0.3 is 6.18 Å². The summed E-state index contributed by atoms with van der Waals surface area (Å²) < 4.78 is 41.7. The third-order valence-corrected chi connectivity index (χ3v) is 4.44. The second kappa shape index (κ2) is 8.58. The van der Waals surface area contributed by atoms with Crippen molar-refractivity contribution in [1.29, 1.82) is 0 Å². The van der Waals surface area contributed by atoms with Crippen LogP contribution in [0.3, 0.4) is 0 Å². The van der Waals surface area contributed by atoms with Gasteiger partial charge in [0.25, 0.3) is 0 Å². The van der Waals surface area contributed by atoms with Crippen LogP contribution in [0, 0.1) is 6.92 Å². The summed E-state index contributed by atoms with van der Waals surface area (Å²) in [6, 6.07) is 15.7. The van der Waals surface area contributed by atoms with Gasteiger partial charge in [0.1, 0.15) is 5.75 Å². The molecular formula is C21H26F3NO. The molecule has 0 aromatic heterocycles. The molecule has 5 heteroatoms. The van der Waals surface area contributed by atoms with Gasteiger partial charge in [0.15, 0.2) is 0 Å². The molecule has 0 spiro atoms. The first-order valence-corrected chi connectivity index (χ1v) is 8.80. The summed E-state index contributed by atoms with van der Waals surface area (Å²) in [4.78, 5) is 0. The van der Waals surface area contributed by atoms with Crippen LogP contribution >= 0.6 is 0 Å². The van der Waals surface area contributed by atoms with Gasteiger partial charge in [0, 0.05) is 12.0 Å². The van der Waals surface area contributed by atoms with Crippen molar-refractivity contribution in [2.24, 2.45) is 5.73 Å². The molecule has 2 N–H and O–H groups in total. The van der Waals surface area contributed by atoms with Gasteiger partial charge in [0.05, 0.1) is 6.61 Å². The molecule has 0 saturated carbocycles. The molecule has 0 heterocycles. The van der Waals surface area contributed by atoms with Gasteiger partial charge in [-0.05, 0) is 56.4 Å². The molecule has 0 aliphatic carbocycles. The van der Waals surface area contributed by atoms with Crippen LogP contribution < -0.4 is 10.5 Å². The fraction of sp³-hybridized carbons (Fsp3) is 0.429. The zero-order valence-corrected chi connectivity index (χ0v) is 15.3. The summed E-state index contributed by atoms with van der Waals surface area (Å²) in [6.45, 7) is 4.09. The van der Waals surface area contributed by atoms with E-state index >= 15 is 0 Å². The number of hydrogen-bond donors (Lipinski definition) is 1. The van der Waals surface area contributed by atoms with E-state index < -0.39 is 18.1 Å². The Balaban J connectivity index is 1.86. The monoisotopic (exact) mass is 365 g/mol. The predicted molar refractivity (Wildman–Crippen MR) is 98.3 cm³/mol. The van der Waals surface area contributed by atoms with Crippen LogP contribution in [0.4, 0.5) is 13.2 Å². The summed E-state index contributed by atoms with van der Waals surface area (Å²) in [5.74, 6) is 0.560. The molecule has 26 heavy (non-hydrogen) atoms. The first-order chi connectivity index (χ1) is 12.2. The predicted octanol–water partition coefficient (Wildman–Crippen LogP) is 5.52. The molecule has 1 unspecified atom stereocenters. The van der Waals surface area contributed by atoms with Crippen molar-refractivity contribution in [1.82, 2.24) is 0 Å². The molecule has 0 aliphatic rings. The van der Waals surface area contributed by atoms with Gasteiger partial charge in [-0.2, -0.15) is 13.2 Å². The van der Waals surface area contributed by atoms with Crippen LogP contribution in [-0.4, -0.2) is 12.8 Å². The van der Waals surface area contributed by atoms with Crippen LogP contribution in [0.5, 0.6) is 5.75 Å². The largest absolute Gasteiger partial charge is 0.494 e. The first kappa shape index (κ1) is 20.3. The van der Waals surface area contributed by atoms with Crippen LogP contribution in [0.15, 0.2) is 48.5 Å². The Morgan fingerprint density at radius 2 is 1.54 bits per heavy atom. The molecule has 142 valence electrons. The van der Waals surface area contributed by atoms with Gasteiger partial charge in [-0.1, -0.05) is 42.0 Å². The minimum Gasteiger partial charge on any atom is -0.494 e. The molecule has 2 rings (SSSR count). The smallest absolute Gasteiger partial charge is 0.389 e. The van der Waals surface area contributed by atoms with Crippen LogP contribution in [0.1, 0.15) is 42.9 Å². The van der Waals surface area contributed by atoms with Gasteiger partial charge in [-0.25, -0.2) is 0 Å². The number of halogens is 3. The fourth-order valence-corrected chi connectivity index (χ4v) is 2.70. The third-order valence-electron chi connectivity index (χ3n) is 4.44. The van der Waals surface area contributed by atoms with Crippen molar-refractivity contribution in [3.63, 3.8) is 0 Å². The van der Waals surface area contributed by atoms with Crippen LogP contribution in [-0.2, 0) is 12.0 Å². The Labute approximate surface area is 153 Å². The number of hydrogen-bond acceptors (Lipinski definition) is 2. The molecule has 0 bridgehead atoms. The van der Waals surface area contributed by atoms with Crippen molar-refractivity contribution < 1.29 is 17.9 Å². The maximum absolute atomic E-state index is 12.1. The quantitative estimate of drug-likeness (QED) is 0.625. The molecule has 0 saturated heterocycles. The molecule has 2 aromatic carbocycles. The zero-order chi connectivity index (χ0) is 19.2. The van der Waals surface area contributed by atoms with Gasteiger partial charge in [-0.15, -0.1) is 0 Å². The van der Waals surface area contributed by atoms with E-state index in [9.17, 15) is 13.2 Å². The first-order valence-electron chi connectivity index (χ1n) is 8.80. The van der Waals surface area contributed by atoms with Crippen molar-refractivity contribution in [2.75, 3.05) is 6.61 Å². The number of benzene rings is 2. The van der Waals surface area contributed by atoms with E-state index in [-0.39, 0.29) is 13.0 Å². The lowest BCUT2D eigenvalue weighted by atomic mass is 9.87.